The number of hydrogen-bond donors (Lipinski definition) is 1. The molecule has 5 atom stereocenters. The Morgan fingerprint density at radius 1 is 1.18 bits per heavy atom. The van der Waals surface area contributed by atoms with E-state index in [9.17, 15) is 19.5 Å². The summed E-state index contributed by atoms with van der Waals surface area (Å²) < 4.78 is 12.3. The lowest BCUT2D eigenvalue weighted by molar-refractivity contribution is -0.159. The largest absolute Gasteiger partial charge is 0.465 e. The summed E-state index contributed by atoms with van der Waals surface area (Å²) in [4.78, 5) is 45.5. The molecule has 1 N–H and O–H groups in total. The van der Waals surface area contributed by atoms with Crippen molar-refractivity contribution in [3.63, 3.8) is 0 Å². The number of ether oxygens (including phenoxy) is 2. The number of fused-ring (bicyclic) bond motifs is 1. The highest BCUT2D eigenvalue weighted by atomic mass is 16.6. The number of benzene rings is 1. The third kappa shape index (κ3) is 4.93. The van der Waals surface area contributed by atoms with Gasteiger partial charge in [-0.05, 0) is 70.4 Å². The zero-order valence-electron chi connectivity index (χ0n) is 23.5. The number of likely N-dealkylation sites (tertiary alicyclic amines) is 1. The number of carbonyl (C=O) groups is 3. The third-order valence-corrected chi connectivity index (χ3v) is 8.66. The van der Waals surface area contributed by atoms with Crippen molar-refractivity contribution in [3.05, 3.63) is 54.6 Å². The molecule has 8 heteroatoms. The summed E-state index contributed by atoms with van der Waals surface area (Å²) in [6, 6.07) is 4.98. The second kappa shape index (κ2) is 11.6. The van der Waals surface area contributed by atoms with Crippen LogP contribution in [-0.4, -0.2) is 71.3 Å². The summed E-state index contributed by atoms with van der Waals surface area (Å²) >= 11 is 0. The first-order chi connectivity index (χ1) is 18.7. The Kier molecular flexibility index (Phi) is 8.66. The third-order valence-electron chi connectivity index (χ3n) is 8.66. The molecule has 39 heavy (non-hydrogen) atoms. The van der Waals surface area contributed by atoms with E-state index in [0.29, 0.717) is 38.6 Å². The smallest absolute Gasteiger partial charge is 0.312 e. The van der Waals surface area contributed by atoms with Crippen molar-refractivity contribution in [3.8, 4) is 0 Å². The van der Waals surface area contributed by atoms with Gasteiger partial charge in [-0.2, -0.15) is 0 Å². The molecule has 212 valence electrons. The number of hydrogen-bond acceptors (Lipinski definition) is 6. The van der Waals surface area contributed by atoms with Crippen molar-refractivity contribution in [2.75, 3.05) is 31.2 Å². The fraction of sp³-hybridized carbons (Fsp3) is 0.581. The maximum atomic E-state index is 14.6. The van der Waals surface area contributed by atoms with Gasteiger partial charge in [-0.1, -0.05) is 30.4 Å². The van der Waals surface area contributed by atoms with Gasteiger partial charge in [0.1, 0.15) is 17.6 Å². The number of aliphatic hydroxyl groups is 1. The van der Waals surface area contributed by atoms with Crippen molar-refractivity contribution in [1.82, 2.24) is 4.90 Å². The van der Waals surface area contributed by atoms with Gasteiger partial charge in [-0.15, -0.1) is 13.2 Å². The maximum Gasteiger partial charge on any atom is 0.312 e. The van der Waals surface area contributed by atoms with Crippen LogP contribution in [0, 0.1) is 25.7 Å². The molecule has 0 aromatic heterocycles. The van der Waals surface area contributed by atoms with Crippen molar-refractivity contribution < 1.29 is 29.0 Å². The van der Waals surface area contributed by atoms with Crippen LogP contribution in [0.5, 0.6) is 0 Å². The molecule has 1 aromatic rings. The van der Waals surface area contributed by atoms with E-state index in [4.69, 9.17) is 9.47 Å². The molecule has 3 aliphatic rings. The van der Waals surface area contributed by atoms with Crippen molar-refractivity contribution >= 4 is 23.5 Å². The van der Waals surface area contributed by atoms with E-state index in [1.54, 1.807) is 22.0 Å². The molecule has 3 saturated heterocycles. The monoisotopic (exact) mass is 538 g/mol. The first-order valence-electron chi connectivity index (χ1n) is 14.0. The zero-order valence-corrected chi connectivity index (χ0v) is 23.5. The van der Waals surface area contributed by atoms with Gasteiger partial charge >= 0.3 is 5.97 Å². The molecule has 3 aliphatic heterocycles. The molecule has 0 aliphatic carbocycles. The molecular weight excluding hydrogens is 496 g/mol. The summed E-state index contributed by atoms with van der Waals surface area (Å²) in [6.45, 7) is 14.2. The highest BCUT2D eigenvalue weighted by Crippen LogP contribution is 2.63. The quantitative estimate of drug-likeness (QED) is 0.233. The molecule has 2 amide bonds. The Balaban J connectivity index is 1.75. The van der Waals surface area contributed by atoms with E-state index < -0.39 is 35.0 Å². The minimum atomic E-state index is -1.12. The van der Waals surface area contributed by atoms with Gasteiger partial charge in [0.25, 0.3) is 5.91 Å². The average Bonchev–Trinajstić information content (AvgIpc) is 3.46. The summed E-state index contributed by atoms with van der Waals surface area (Å²) in [7, 11) is 0. The van der Waals surface area contributed by atoms with Crippen LogP contribution in [0.3, 0.4) is 0 Å². The van der Waals surface area contributed by atoms with Crippen molar-refractivity contribution in [2.45, 2.75) is 76.5 Å². The van der Waals surface area contributed by atoms with E-state index in [-0.39, 0.29) is 31.6 Å². The summed E-state index contributed by atoms with van der Waals surface area (Å²) in [5.41, 5.74) is 0.679. The Labute approximate surface area is 231 Å². The second-order valence-electron chi connectivity index (χ2n) is 11.3. The van der Waals surface area contributed by atoms with Crippen LogP contribution in [0.2, 0.25) is 0 Å². The van der Waals surface area contributed by atoms with Crippen LogP contribution in [0.25, 0.3) is 0 Å². The van der Waals surface area contributed by atoms with Crippen molar-refractivity contribution in [1.29, 1.82) is 0 Å². The van der Waals surface area contributed by atoms with Crippen LogP contribution < -0.4 is 4.90 Å². The SMILES string of the molecule is C=CCCCOC(=O)[C@H]1[C@H]2C(=O)N(CCCCO)C(C(=O)N(CC=C)c3c(C)cccc3C)C23CC[C@]1(C)O3. The van der Waals surface area contributed by atoms with E-state index in [2.05, 4.69) is 13.2 Å². The number of aliphatic hydroxyl groups excluding tert-OH is 1. The second-order valence-corrected chi connectivity index (χ2v) is 11.3. The Hall–Kier alpha value is -2.97. The van der Waals surface area contributed by atoms with Gasteiger partial charge in [0.05, 0.1) is 18.1 Å². The van der Waals surface area contributed by atoms with E-state index in [1.807, 2.05) is 39.0 Å². The molecule has 3 fully saturated rings. The molecule has 8 nitrogen and oxygen atoms in total. The molecule has 2 bridgehead atoms. The lowest BCUT2D eigenvalue weighted by Crippen LogP contribution is -2.56. The predicted octanol–water partition coefficient (Wildman–Crippen LogP) is 3.87. The van der Waals surface area contributed by atoms with Crippen LogP contribution in [-0.2, 0) is 23.9 Å². The van der Waals surface area contributed by atoms with E-state index in [1.165, 1.54) is 0 Å². The fourth-order valence-corrected chi connectivity index (χ4v) is 6.99. The highest BCUT2D eigenvalue weighted by molar-refractivity contribution is 6.05. The Morgan fingerprint density at radius 2 is 1.90 bits per heavy atom. The predicted molar refractivity (Wildman–Crippen MR) is 149 cm³/mol. The number of carbonyl (C=O) groups excluding carboxylic acids is 3. The van der Waals surface area contributed by atoms with Crippen LogP contribution >= 0.6 is 0 Å². The van der Waals surface area contributed by atoms with Crippen LogP contribution in [0.1, 0.15) is 56.6 Å². The lowest BCUT2D eigenvalue weighted by atomic mass is 9.66. The first kappa shape index (κ1) is 29.0. The number of aryl methyl sites for hydroxylation is 2. The number of allylic oxidation sites excluding steroid dienone is 1. The molecule has 3 heterocycles. The number of rotatable bonds is 13. The minimum Gasteiger partial charge on any atom is -0.465 e. The van der Waals surface area contributed by atoms with Gasteiger partial charge in [-0.3, -0.25) is 14.4 Å². The maximum absolute atomic E-state index is 14.6. The number of amides is 2. The summed E-state index contributed by atoms with van der Waals surface area (Å²) in [5.74, 6) is -2.51. The zero-order chi connectivity index (χ0) is 28.4. The minimum absolute atomic E-state index is 0.00552. The van der Waals surface area contributed by atoms with Gasteiger partial charge in [0, 0.05) is 25.4 Å². The van der Waals surface area contributed by atoms with Gasteiger partial charge in [0.2, 0.25) is 5.91 Å². The molecule has 1 spiro atoms. The number of anilines is 1. The summed E-state index contributed by atoms with van der Waals surface area (Å²) in [6.07, 6.45) is 6.94. The Morgan fingerprint density at radius 3 is 2.54 bits per heavy atom. The number of para-hydroxylation sites is 1. The first-order valence-corrected chi connectivity index (χ1v) is 14.0. The molecule has 2 unspecified atom stereocenters. The lowest BCUT2D eigenvalue weighted by Gasteiger charge is -2.37. The Bertz CT molecular complexity index is 1110. The van der Waals surface area contributed by atoms with E-state index >= 15 is 0 Å². The van der Waals surface area contributed by atoms with Crippen molar-refractivity contribution in [2.24, 2.45) is 11.8 Å². The van der Waals surface area contributed by atoms with Gasteiger partial charge in [-0.25, -0.2) is 0 Å². The normalized spacial score (nSPS) is 28.9. The molecule has 4 rings (SSSR count). The standard InChI is InChI=1S/C31H42N2O6/c1-6-8-11-20-38-29(37)24-23-27(35)33(18-9-10-19-34)26(31(23)16-15-30(24,5)39-31)28(36)32(17-7-2)25-21(3)13-12-14-22(25)4/h6-7,12-14,23-24,26,34H,1-2,8-11,15-20H2,3-5H3/t23-,24+,26?,30-,31?/m0/s1. The highest BCUT2D eigenvalue weighted by Gasteiger charge is 2.78. The molecule has 0 radical (unpaired) electrons. The fourth-order valence-electron chi connectivity index (χ4n) is 6.99. The molecule has 0 saturated carbocycles. The number of unbranched alkanes of at least 4 members (excludes halogenated alkanes) is 2. The number of nitrogens with zero attached hydrogens (tertiary/aromatic N) is 2. The average molecular weight is 539 g/mol. The van der Waals surface area contributed by atoms with Gasteiger partial charge in [0.15, 0.2) is 0 Å². The molecule has 1 aromatic carbocycles. The number of esters is 1. The summed E-state index contributed by atoms with van der Waals surface area (Å²) in [5, 5.41) is 9.40. The van der Waals surface area contributed by atoms with Gasteiger partial charge < -0.3 is 24.4 Å². The van der Waals surface area contributed by atoms with Crippen LogP contribution in [0.4, 0.5) is 5.69 Å². The van der Waals surface area contributed by atoms with Crippen LogP contribution in [0.15, 0.2) is 43.5 Å². The topological polar surface area (TPSA) is 96.4 Å². The van der Waals surface area contributed by atoms with E-state index in [0.717, 1.165) is 23.2 Å². The molecular formula is C31H42N2O6.